The average Bonchev–Trinajstić information content (AvgIpc) is 2.45. The minimum atomic E-state index is -0.0663. The van der Waals surface area contributed by atoms with Crippen molar-refractivity contribution in [3.63, 3.8) is 0 Å². The molecule has 5 nitrogen and oxygen atoms in total. The van der Waals surface area contributed by atoms with Crippen LogP contribution < -0.4 is 5.73 Å². The van der Waals surface area contributed by atoms with Crippen LogP contribution in [0.4, 0.5) is 0 Å². The van der Waals surface area contributed by atoms with E-state index in [1.807, 2.05) is 0 Å². The van der Waals surface area contributed by atoms with E-state index in [1.165, 1.54) is 0 Å². The number of carbonyl (C=O) groups excluding carboxylic acids is 1. The Morgan fingerprint density at radius 3 is 2.50 bits per heavy atom. The third-order valence-corrected chi connectivity index (χ3v) is 4.15. The number of nitrogens with two attached hydrogens (primary N) is 1. The number of hydrogen-bond acceptors (Lipinski definition) is 5. The van der Waals surface area contributed by atoms with E-state index < -0.39 is 0 Å². The predicted molar refractivity (Wildman–Crippen MR) is 59.5 cm³/mol. The van der Waals surface area contributed by atoms with E-state index in [-0.39, 0.29) is 18.2 Å². The molecule has 0 unspecified atom stereocenters. The summed E-state index contributed by atoms with van der Waals surface area (Å²) in [6, 6.07) is 0. The van der Waals surface area contributed by atoms with Crippen LogP contribution >= 0.6 is 21.6 Å². The molecule has 0 saturated carbocycles. The Morgan fingerprint density at radius 1 is 1.43 bits per heavy atom. The SMILES string of the molecule is N/C(CC(=O)N1CCSSCC1)=N\O. The molecule has 1 fully saturated rings. The maximum absolute atomic E-state index is 11.6. The van der Waals surface area contributed by atoms with Crippen LogP contribution in [0.1, 0.15) is 6.42 Å². The van der Waals surface area contributed by atoms with Crippen LogP contribution in [0.15, 0.2) is 5.16 Å². The van der Waals surface area contributed by atoms with E-state index in [0.717, 1.165) is 24.6 Å². The molecule has 0 radical (unpaired) electrons. The van der Waals surface area contributed by atoms with Crippen LogP contribution in [-0.2, 0) is 4.79 Å². The second kappa shape index (κ2) is 6.02. The molecule has 80 valence electrons. The van der Waals surface area contributed by atoms with Crippen LogP contribution in [0.5, 0.6) is 0 Å². The number of nitrogens with zero attached hydrogens (tertiary/aromatic N) is 2. The Bertz CT molecular complexity index is 227. The normalized spacial score (nSPS) is 19.1. The molecular formula is C7H13N3O2S2. The van der Waals surface area contributed by atoms with Gasteiger partial charge in [-0.25, -0.2) is 0 Å². The van der Waals surface area contributed by atoms with Gasteiger partial charge < -0.3 is 15.8 Å². The number of rotatable bonds is 2. The summed E-state index contributed by atoms with van der Waals surface area (Å²) in [7, 11) is 3.55. The first-order chi connectivity index (χ1) is 6.74. The van der Waals surface area contributed by atoms with Gasteiger partial charge in [-0.05, 0) is 0 Å². The molecule has 14 heavy (non-hydrogen) atoms. The third kappa shape index (κ3) is 3.67. The number of oxime groups is 1. The van der Waals surface area contributed by atoms with Gasteiger partial charge in [-0.15, -0.1) is 0 Å². The highest BCUT2D eigenvalue weighted by Gasteiger charge is 2.16. The molecule has 1 amide bonds. The summed E-state index contributed by atoms with van der Waals surface area (Å²) in [4.78, 5) is 13.3. The molecule has 0 aromatic heterocycles. The molecule has 0 aromatic carbocycles. The van der Waals surface area contributed by atoms with Crippen molar-refractivity contribution >= 4 is 33.3 Å². The van der Waals surface area contributed by atoms with Gasteiger partial charge in [0, 0.05) is 24.6 Å². The number of carbonyl (C=O) groups is 1. The molecule has 3 N–H and O–H groups in total. The van der Waals surface area contributed by atoms with E-state index >= 15 is 0 Å². The Labute approximate surface area is 90.5 Å². The van der Waals surface area contributed by atoms with Crippen LogP contribution in [0, 0.1) is 0 Å². The van der Waals surface area contributed by atoms with Gasteiger partial charge in [0.25, 0.3) is 0 Å². The van der Waals surface area contributed by atoms with Crippen molar-refractivity contribution in [3.05, 3.63) is 0 Å². The Hall–Kier alpha value is -0.560. The Morgan fingerprint density at radius 2 is 2.00 bits per heavy atom. The maximum atomic E-state index is 11.6. The van der Waals surface area contributed by atoms with E-state index in [4.69, 9.17) is 10.9 Å². The number of amides is 1. The van der Waals surface area contributed by atoms with Gasteiger partial charge in [-0.3, -0.25) is 4.79 Å². The average molecular weight is 235 g/mol. The highest BCUT2D eigenvalue weighted by molar-refractivity contribution is 8.76. The van der Waals surface area contributed by atoms with Crippen LogP contribution in [0.3, 0.4) is 0 Å². The molecule has 1 heterocycles. The van der Waals surface area contributed by atoms with Crippen molar-refractivity contribution in [1.82, 2.24) is 4.90 Å². The molecule has 1 rings (SSSR count). The second-order valence-corrected chi connectivity index (χ2v) is 5.49. The molecule has 0 atom stereocenters. The zero-order chi connectivity index (χ0) is 10.4. The van der Waals surface area contributed by atoms with Gasteiger partial charge in [0.2, 0.25) is 5.91 Å². The van der Waals surface area contributed by atoms with E-state index in [0.29, 0.717) is 0 Å². The van der Waals surface area contributed by atoms with Crippen LogP contribution in [0.25, 0.3) is 0 Å². The second-order valence-electron chi connectivity index (χ2n) is 2.79. The molecule has 0 spiro atoms. The minimum Gasteiger partial charge on any atom is -0.409 e. The van der Waals surface area contributed by atoms with E-state index in [9.17, 15) is 4.79 Å². The first-order valence-corrected chi connectivity index (χ1v) is 6.71. The summed E-state index contributed by atoms with van der Waals surface area (Å²) in [5, 5.41) is 11.1. The van der Waals surface area contributed by atoms with Crippen molar-refractivity contribution in [2.75, 3.05) is 24.6 Å². The lowest BCUT2D eigenvalue weighted by Crippen LogP contribution is -2.36. The molecular weight excluding hydrogens is 222 g/mol. The van der Waals surface area contributed by atoms with Gasteiger partial charge in [-0.2, -0.15) is 0 Å². The quantitative estimate of drug-likeness (QED) is 0.237. The Kier molecular flexibility index (Phi) is 4.95. The van der Waals surface area contributed by atoms with Crippen molar-refractivity contribution < 1.29 is 10.0 Å². The van der Waals surface area contributed by atoms with Crippen molar-refractivity contribution in [3.8, 4) is 0 Å². The third-order valence-electron chi connectivity index (χ3n) is 1.79. The lowest BCUT2D eigenvalue weighted by molar-refractivity contribution is -0.129. The van der Waals surface area contributed by atoms with Crippen molar-refractivity contribution in [2.45, 2.75) is 6.42 Å². The van der Waals surface area contributed by atoms with Crippen molar-refractivity contribution in [1.29, 1.82) is 0 Å². The monoisotopic (exact) mass is 235 g/mol. The fourth-order valence-electron chi connectivity index (χ4n) is 1.08. The maximum Gasteiger partial charge on any atom is 0.230 e. The van der Waals surface area contributed by atoms with Crippen LogP contribution in [-0.4, -0.2) is 46.4 Å². The summed E-state index contributed by atoms with van der Waals surface area (Å²) < 4.78 is 0. The molecule has 7 heteroatoms. The van der Waals surface area contributed by atoms with Gasteiger partial charge in [0.05, 0.1) is 6.42 Å². The predicted octanol–water partition coefficient (Wildman–Crippen LogP) is 0.346. The van der Waals surface area contributed by atoms with Gasteiger partial charge in [0.1, 0.15) is 5.84 Å². The standard InChI is InChI=1S/C7H13N3O2S2/c8-6(9-12)5-7(11)10-1-3-13-14-4-2-10/h12H,1-5H2,(H2,8,9). The first-order valence-electron chi connectivity index (χ1n) is 4.22. The summed E-state index contributed by atoms with van der Waals surface area (Å²) in [5.41, 5.74) is 5.26. The lowest BCUT2D eigenvalue weighted by atomic mass is 10.3. The summed E-state index contributed by atoms with van der Waals surface area (Å²) in [6.07, 6.45) is 0.00579. The largest absolute Gasteiger partial charge is 0.409 e. The minimum absolute atomic E-state index is 0.00579. The number of hydrogen-bond donors (Lipinski definition) is 2. The fourth-order valence-corrected chi connectivity index (χ4v) is 3.06. The van der Waals surface area contributed by atoms with Gasteiger partial charge >= 0.3 is 0 Å². The zero-order valence-corrected chi connectivity index (χ0v) is 9.31. The van der Waals surface area contributed by atoms with Gasteiger partial charge in [-0.1, -0.05) is 26.7 Å². The molecule has 0 aliphatic carbocycles. The number of amidine groups is 1. The van der Waals surface area contributed by atoms with Crippen LogP contribution in [0.2, 0.25) is 0 Å². The molecule has 1 aliphatic heterocycles. The van der Waals surface area contributed by atoms with Gasteiger partial charge in [0.15, 0.2) is 0 Å². The lowest BCUT2D eigenvalue weighted by Gasteiger charge is -2.18. The molecule has 0 aromatic rings. The molecule has 1 aliphatic rings. The molecule has 1 saturated heterocycles. The summed E-state index contributed by atoms with van der Waals surface area (Å²) in [5.74, 6) is 1.78. The smallest absolute Gasteiger partial charge is 0.230 e. The highest BCUT2D eigenvalue weighted by atomic mass is 33.1. The van der Waals surface area contributed by atoms with Crippen molar-refractivity contribution in [2.24, 2.45) is 10.9 Å². The fraction of sp³-hybridized carbons (Fsp3) is 0.714. The topological polar surface area (TPSA) is 78.9 Å². The Balaban J connectivity index is 2.42. The zero-order valence-electron chi connectivity index (χ0n) is 7.68. The first kappa shape index (κ1) is 11.5. The van der Waals surface area contributed by atoms with E-state index in [1.54, 1.807) is 26.5 Å². The van der Waals surface area contributed by atoms with E-state index in [2.05, 4.69) is 5.16 Å². The highest BCUT2D eigenvalue weighted by Crippen LogP contribution is 2.23. The summed E-state index contributed by atoms with van der Waals surface area (Å²) in [6.45, 7) is 1.49. The molecule has 0 bridgehead atoms. The summed E-state index contributed by atoms with van der Waals surface area (Å²) >= 11 is 0.